The van der Waals surface area contributed by atoms with Crippen molar-refractivity contribution in [1.82, 2.24) is 4.31 Å². The molecule has 0 spiro atoms. The number of methoxy groups -OCH3 is 1. The number of ether oxygens (including phenoxy) is 1. The van der Waals surface area contributed by atoms with Crippen molar-refractivity contribution in [2.45, 2.75) is 44.0 Å². The maximum atomic E-state index is 13.1. The lowest BCUT2D eigenvalue weighted by Gasteiger charge is -2.41. The number of hydrogen-bond donors (Lipinski definition) is 2. The van der Waals surface area contributed by atoms with Gasteiger partial charge in [0.25, 0.3) is 0 Å². The molecule has 2 fully saturated rings. The number of nitrogens with two attached hydrogens (primary N) is 1. The van der Waals surface area contributed by atoms with Gasteiger partial charge in [-0.1, -0.05) is 13.8 Å². The van der Waals surface area contributed by atoms with Gasteiger partial charge in [-0.3, -0.25) is 4.79 Å². The van der Waals surface area contributed by atoms with Crippen LogP contribution in [0.15, 0.2) is 23.1 Å². The summed E-state index contributed by atoms with van der Waals surface area (Å²) in [6.45, 7) is 4.70. The number of nitrogens with one attached hydrogen (secondary N) is 1. The fourth-order valence-corrected chi connectivity index (χ4v) is 4.98. The monoisotopic (exact) mass is 417 g/mol. The quantitative estimate of drug-likeness (QED) is 0.764. The van der Waals surface area contributed by atoms with Crippen LogP contribution in [0.3, 0.4) is 0 Å². The number of benzene rings is 1. The summed E-state index contributed by atoms with van der Waals surface area (Å²) in [5.41, 5.74) is 6.37. The molecule has 1 heterocycles. The third-order valence-electron chi connectivity index (χ3n) is 5.27. The summed E-state index contributed by atoms with van der Waals surface area (Å²) in [6.07, 6.45) is 2.43. The molecule has 0 bridgehead atoms. The lowest BCUT2D eigenvalue weighted by Crippen LogP contribution is -2.53. The fraction of sp³-hybridized carbons (Fsp3) is 0.611. The van der Waals surface area contributed by atoms with E-state index in [2.05, 4.69) is 5.32 Å². The van der Waals surface area contributed by atoms with Gasteiger partial charge < -0.3 is 15.8 Å². The summed E-state index contributed by atoms with van der Waals surface area (Å²) in [6, 6.07) is 4.64. The number of amides is 1. The van der Waals surface area contributed by atoms with Crippen LogP contribution in [-0.4, -0.2) is 44.9 Å². The lowest BCUT2D eigenvalue weighted by atomic mass is 9.81. The molecule has 1 aliphatic heterocycles. The molecule has 1 atom stereocenters. The van der Waals surface area contributed by atoms with Crippen LogP contribution in [0, 0.1) is 11.3 Å². The largest absolute Gasteiger partial charge is 0.495 e. The maximum absolute atomic E-state index is 13.1. The minimum Gasteiger partial charge on any atom is -0.495 e. The Hall–Kier alpha value is -1.35. The van der Waals surface area contributed by atoms with Gasteiger partial charge in [-0.15, -0.1) is 12.4 Å². The van der Waals surface area contributed by atoms with Crippen LogP contribution in [-0.2, 0) is 14.8 Å². The van der Waals surface area contributed by atoms with E-state index >= 15 is 0 Å². The van der Waals surface area contributed by atoms with Crippen molar-refractivity contribution in [2.24, 2.45) is 17.1 Å². The summed E-state index contributed by atoms with van der Waals surface area (Å²) >= 11 is 0. The van der Waals surface area contributed by atoms with Crippen molar-refractivity contribution in [3.05, 3.63) is 18.2 Å². The van der Waals surface area contributed by atoms with Gasteiger partial charge in [0.2, 0.25) is 15.9 Å². The van der Waals surface area contributed by atoms with Gasteiger partial charge in [0, 0.05) is 36.8 Å². The summed E-state index contributed by atoms with van der Waals surface area (Å²) in [5, 5.41) is 2.81. The maximum Gasteiger partial charge on any atom is 0.246 e. The Kier molecular flexibility index (Phi) is 6.46. The van der Waals surface area contributed by atoms with Crippen molar-refractivity contribution >= 4 is 34.0 Å². The van der Waals surface area contributed by atoms with Crippen LogP contribution in [0.1, 0.15) is 33.1 Å². The Morgan fingerprint density at radius 3 is 2.52 bits per heavy atom. The van der Waals surface area contributed by atoms with Gasteiger partial charge in [0.15, 0.2) is 0 Å². The predicted octanol–water partition coefficient (Wildman–Crippen LogP) is 2.21. The molecule has 9 heteroatoms. The first-order valence-electron chi connectivity index (χ1n) is 8.90. The molecule has 1 saturated heterocycles. The molecule has 27 heavy (non-hydrogen) atoms. The highest BCUT2D eigenvalue weighted by Gasteiger charge is 2.39. The van der Waals surface area contributed by atoms with E-state index in [4.69, 9.17) is 10.5 Å². The molecule has 1 amide bonds. The number of halogens is 1. The van der Waals surface area contributed by atoms with Crippen LogP contribution in [0.5, 0.6) is 5.75 Å². The number of rotatable bonds is 5. The van der Waals surface area contributed by atoms with E-state index in [1.807, 2.05) is 13.8 Å². The molecule has 1 aliphatic carbocycles. The van der Waals surface area contributed by atoms with Gasteiger partial charge in [-0.25, -0.2) is 8.42 Å². The summed E-state index contributed by atoms with van der Waals surface area (Å²) in [7, 11) is -2.28. The first-order chi connectivity index (χ1) is 12.1. The summed E-state index contributed by atoms with van der Waals surface area (Å²) in [5.74, 6) is 0.268. The van der Waals surface area contributed by atoms with Crippen LogP contribution < -0.4 is 15.8 Å². The number of piperidine rings is 1. The minimum absolute atomic E-state index is 0. The minimum atomic E-state index is -3.71. The van der Waals surface area contributed by atoms with Crippen LogP contribution in [0.25, 0.3) is 0 Å². The molecule has 3 rings (SSSR count). The zero-order valence-electron chi connectivity index (χ0n) is 15.9. The zero-order chi connectivity index (χ0) is 19.1. The number of anilines is 1. The molecule has 1 aromatic carbocycles. The highest BCUT2D eigenvalue weighted by atomic mass is 35.5. The number of sulfonamides is 1. The molecule has 0 aromatic heterocycles. The van der Waals surface area contributed by atoms with Crippen LogP contribution in [0.4, 0.5) is 5.69 Å². The second kappa shape index (κ2) is 7.95. The SMILES string of the molecule is COc1cc(NC(=O)C2CC2)ccc1S(=O)(=O)N1CCC(N)C(C)(C)C1.Cl. The molecule has 3 N–H and O–H groups in total. The number of hydrogen-bond acceptors (Lipinski definition) is 5. The molecule has 1 saturated carbocycles. The van der Waals surface area contributed by atoms with E-state index in [1.165, 1.54) is 17.5 Å². The van der Waals surface area contributed by atoms with Crippen molar-refractivity contribution < 1.29 is 17.9 Å². The zero-order valence-corrected chi connectivity index (χ0v) is 17.5. The summed E-state index contributed by atoms with van der Waals surface area (Å²) < 4.78 is 33.0. The standard InChI is InChI=1S/C18H27N3O4S.ClH/c1-18(2)11-21(9-8-16(18)19)26(23,24)15-7-6-13(10-14(15)25-3)20-17(22)12-4-5-12;/h6-7,10,12,16H,4-5,8-9,11,19H2,1-3H3,(H,20,22);1H. The van der Waals surface area contributed by atoms with Gasteiger partial charge in [0.1, 0.15) is 10.6 Å². The highest BCUT2D eigenvalue weighted by Crippen LogP contribution is 2.36. The van der Waals surface area contributed by atoms with Crippen molar-refractivity contribution in [3.8, 4) is 5.75 Å². The van der Waals surface area contributed by atoms with Crippen molar-refractivity contribution in [1.29, 1.82) is 0 Å². The second-order valence-corrected chi connectivity index (χ2v) is 9.76. The fourth-order valence-electron chi connectivity index (χ4n) is 3.22. The molecule has 1 unspecified atom stereocenters. The predicted molar refractivity (Wildman–Crippen MR) is 107 cm³/mol. The Labute approximate surface area is 167 Å². The van der Waals surface area contributed by atoms with Crippen LogP contribution in [0.2, 0.25) is 0 Å². The molecule has 2 aliphatic rings. The lowest BCUT2D eigenvalue weighted by molar-refractivity contribution is -0.117. The average molecular weight is 418 g/mol. The number of carbonyl (C=O) groups is 1. The Bertz CT molecular complexity index is 809. The first-order valence-corrected chi connectivity index (χ1v) is 10.3. The molecule has 0 radical (unpaired) electrons. The first kappa shape index (κ1) is 21.9. The molecular formula is C18H28ClN3O4S. The number of nitrogens with zero attached hydrogens (tertiary/aromatic N) is 1. The van der Waals surface area contributed by atoms with Gasteiger partial charge >= 0.3 is 0 Å². The van der Waals surface area contributed by atoms with E-state index in [-0.39, 0.29) is 46.3 Å². The topological polar surface area (TPSA) is 102 Å². The third-order valence-corrected chi connectivity index (χ3v) is 7.16. The highest BCUT2D eigenvalue weighted by molar-refractivity contribution is 7.89. The van der Waals surface area contributed by atoms with E-state index in [1.54, 1.807) is 12.1 Å². The van der Waals surface area contributed by atoms with E-state index in [0.29, 0.717) is 25.2 Å². The van der Waals surface area contributed by atoms with Crippen molar-refractivity contribution in [2.75, 3.05) is 25.5 Å². The smallest absolute Gasteiger partial charge is 0.246 e. The Morgan fingerprint density at radius 1 is 1.30 bits per heavy atom. The molecule has 152 valence electrons. The number of carbonyl (C=O) groups excluding carboxylic acids is 1. The molecular weight excluding hydrogens is 390 g/mol. The Balaban J connectivity index is 0.00000261. The summed E-state index contributed by atoms with van der Waals surface area (Å²) in [4.78, 5) is 12.0. The van der Waals surface area contributed by atoms with Gasteiger partial charge in [-0.2, -0.15) is 4.31 Å². The molecule has 1 aromatic rings. The Morgan fingerprint density at radius 2 is 1.96 bits per heavy atom. The molecule has 7 nitrogen and oxygen atoms in total. The third kappa shape index (κ3) is 4.56. The second-order valence-electron chi connectivity index (χ2n) is 7.85. The van der Waals surface area contributed by atoms with Crippen molar-refractivity contribution in [3.63, 3.8) is 0 Å². The normalized spacial score (nSPS) is 22.6. The van der Waals surface area contributed by atoms with E-state index < -0.39 is 10.0 Å². The average Bonchev–Trinajstić information content (AvgIpc) is 3.42. The van der Waals surface area contributed by atoms with E-state index in [0.717, 1.165) is 12.8 Å². The van der Waals surface area contributed by atoms with Gasteiger partial charge in [-0.05, 0) is 36.8 Å². The van der Waals surface area contributed by atoms with E-state index in [9.17, 15) is 13.2 Å². The van der Waals surface area contributed by atoms with Gasteiger partial charge in [0.05, 0.1) is 7.11 Å². The van der Waals surface area contributed by atoms with Crippen LogP contribution >= 0.6 is 12.4 Å².